The lowest BCUT2D eigenvalue weighted by Gasteiger charge is -2.08. The molecule has 0 aromatic heterocycles. The Labute approximate surface area is 78.3 Å². The van der Waals surface area contributed by atoms with Gasteiger partial charge in [-0.25, -0.2) is 0 Å². The first-order valence-electron chi connectivity index (χ1n) is 4.23. The largest absolute Gasteiger partial charge is 0.322 e. The van der Waals surface area contributed by atoms with Crippen molar-refractivity contribution in [3.8, 4) is 0 Å². The van der Waals surface area contributed by atoms with E-state index in [1.165, 1.54) is 0 Å². The van der Waals surface area contributed by atoms with Gasteiger partial charge in [-0.3, -0.25) is 14.9 Å². The van der Waals surface area contributed by atoms with E-state index in [0.717, 1.165) is 13.0 Å². The van der Waals surface area contributed by atoms with E-state index in [4.69, 9.17) is 5.73 Å². The zero-order valence-corrected chi connectivity index (χ0v) is 8.17. The van der Waals surface area contributed by atoms with Crippen molar-refractivity contribution in [3.63, 3.8) is 0 Å². The first kappa shape index (κ1) is 12.1. The first-order chi connectivity index (χ1) is 6.06. The molecule has 0 saturated heterocycles. The van der Waals surface area contributed by atoms with E-state index in [1.807, 2.05) is 19.0 Å². The highest BCUT2D eigenvalue weighted by atomic mass is 16.2. The molecule has 0 atom stereocenters. The second-order valence-corrected chi connectivity index (χ2v) is 3.08. The topological polar surface area (TPSA) is 75.4 Å². The summed E-state index contributed by atoms with van der Waals surface area (Å²) in [6.45, 7) is 0.698. The number of nitrogens with one attached hydrogen (secondary N) is 1. The molecule has 0 fully saturated rings. The average Bonchev–Trinajstić information content (AvgIpc) is 2.03. The van der Waals surface area contributed by atoms with Crippen LogP contribution in [0.3, 0.4) is 0 Å². The lowest BCUT2D eigenvalue weighted by atomic mass is 10.3. The summed E-state index contributed by atoms with van der Waals surface area (Å²) in [7, 11) is 3.87. The van der Waals surface area contributed by atoms with E-state index >= 15 is 0 Å². The number of carbonyl (C=O) groups is 2. The normalized spacial score (nSPS) is 10.2. The molecular formula is C8H17N3O2. The molecule has 13 heavy (non-hydrogen) atoms. The van der Waals surface area contributed by atoms with Crippen LogP contribution in [0.2, 0.25) is 0 Å². The summed E-state index contributed by atoms with van der Waals surface area (Å²) in [6, 6.07) is 0. The molecule has 0 saturated carbocycles. The van der Waals surface area contributed by atoms with Gasteiger partial charge in [-0.15, -0.1) is 0 Å². The second kappa shape index (κ2) is 6.56. The molecule has 0 aliphatic rings. The summed E-state index contributed by atoms with van der Waals surface area (Å²) in [5.41, 5.74) is 5.02. The number of hydrogen-bond acceptors (Lipinski definition) is 4. The molecule has 0 aliphatic carbocycles. The number of imide groups is 1. The van der Waals surface area contributed by atoms with Gasteiger partial charge in [0.05, 0.1) is 6.54 Å². The van der Waals surface area contributed by atoms with Gasteiger partial charge in [0.15, 0.2) is 0 Å². The molecule has 0 unspecified atom stereocenters. The Kier molecular flexibility index (Phi) is 6.09. The van der Waals surface area contributed by atoms with Gasteiger partial charge in [0, 0.05) is 6.42 Å². The summed E-state index contributed by atoms with van der Waals surface area (Å²) in [4.78, 5) is 23.6. The Morgan fingerprint density at radius 2 is 1.92 bits per heavy atom. The molecule has 3 N–H and O–H groups in total. The Hall–Kier alpha value is -0.940. The summed E-state index contributed by atoms with van der Waals surface area (Å²) < 4.78 is 0. The smallest absolute Gasteiger partial charge is 0.240 e. The standard InChI is InChI=1S/C8H17N3O2/c1-11(2)5-3-4-7(12)10-8(13)6-9/h3-6,9H2,1-2H3,(H,10,12,13). The van der Waals surface area contributed by atoms with E-state index in [2.05, 4.69) is 5.32 Å². The lowest BCUT2D eigenvalue weighted by Crippen LogP contribution is -2.35. The lowest BCUT2D eigenvalue weighted by molar-refractivity contribution is -0.129. The quantitative estimate of drug-likeness (QED) is 0.574. The third-order valence-electron chi connectivity index (χ3n) is 1.47. The third-order valence-corrected chi connectivity index (χ3v) is 1.47. The Bertz CT molecular complexity index is 180. The molecular weight excluding hydrogens is 170 g/mol. The minimum Gasteiger partial charge on any atom is -0.322 e. The molecule has 5 heteroatoms. The third kappa shape index (κ3) is 7.42. The molecule has 0 aliphatic heterocycles. The number of carbonyl (C=O) groups excluding carboxylic acids is 2. The van der Waals surface area contributed by atoms with Crippen molar-refractivity contribution in [1.29, 1.82) is 0 Å². The molecule has 76 valence electrons. The molecule has 0 heterocycles. The van der Waals surface area contributed by atoms with Gasteiger partial charge in [-0.1, -0.05) is 0 Å². The maximum Gasteiger partial charge on any atom is 0.240 e. The van der Waals surface area contributed by atoms with Gasteiger partial charge in [0.2, 0.25) is 11.8 Å². The van der Waals surface area contributed by atoms with Gasteiger partial charge in [0.1, 0.15) is 0 Å². The highest BCUT2D eigenvalue weighted by Crippen LogP contribution is 1.90. The summed E-state index contributed by atoms with van der Waals surface area (Å²) in [5, 5.41) is 2.18. The number of hydrogen-bond donors (Lipinski definition) is 2. The van der Waals surface area contributed by atoms with E-state index in [0.29, 0.717) is 6.42 Å². The Morgan fingerprint density at radius 1 is 1.31 bits per heavy atom. The fourth-order valence-corrected chi connectivity index (χ4v) is 0.825. The predicted octanol–water partition coefficient (Wildman–Crippen LogP) is -1.07. The van der Waals surface area contributed by atoms with E-state index in [-0.39, 0.29) is 12.5 Å². The summed E-state index contributed by atoms with van der Waals surface area (Å²) in [5.74, 6) is -0.674. The van der Waals surface area contributed by atoms with Gasteiger partial charge < -0.3 is 10.6 Å². The molecule has 0 aromatic carbocycles. The van der Waals surface area contributed by atoms with Crippen LogP contribution < -0.4 is 11.1 Å². The second-order valence-electron chi connectivity index (χ2n) is 3.08. The fourth-order valence-electron chi connectivity index (χ4n) is 0.825. The molecule has 2 amide bonds. The highest BCUT2D eigenvalue weighted by molar-refractivity contribution is 5.95. The van der Waals surface area contributed by atoms with Crippen molar-refractivity contribution in [2.24, 2.45) is 5.73 Å². The van der Waals surface area contributed by atoms with Gasteiger partial charge >= 0.3 is 0 Å². The number of nitrogens with zero attached hydrogens (tertiary/aromatic N) is 1. The molecule has 0 bridgehead atoms. The van der Waals surface area contributed by atoms with Crippen molar-refractivity contribution in [1.82, 2.24) is 10.2 Å². The predicted molar refractivity (Wildman–Crippen MR) is 50.0 cm³/mol. The molecule has 0 aromatic rings. The SMILES string of the molecule is CN(C)CCCC(=O)NC(=O)CN. The van der Waals surface area contributed by atoms with Crippen molar-refractivity contribution < 1.29 is 9.59 Å². The summed E-state index contributed by atoms with van der Waals surface area (Å²) >= 11 is 0. The monoisotopic (exact) mass is 187 g/mol. The van der Waals surface area contributed by atoms with Gasteiger partial charge in [-0.05, 0) is 27.1 Å². The van der Waals surface area contributed by atoms with Crippen LogP contribution in [-0.4, -0.2) is 43.9 Å². The van der Waals surface area contributed by atoms with Crippen LogP contribution in [0.5, 0.6) is 0 Å². The minimum atomic E-state index is -0.421. The van der Waals surface area contributed by atoms with Gasteiger partial charge in [0.25, 0.3) is 0 Å². The Balaban J connectivity index is 3.46. The Morgan fingerprint density at radius 3 is 2.38 bits per heavy atom. The highest BCUT2D eigenvalue weighted by Gasteiger charge is 2.05. The van der Waals surface area contributed by atoms with Crippen LogP contribution in [0.25, 0.3) is 0 Å². The van der Waals surface area contributed by atoms with Crippen LogP contribution in [0.4, 0.5) is 0 Å². The molecule has 0 spiro atoms. The fraction of sp³-hybridized carbons (Fsp3) is 0.750. The number of nitrogens with two attached hydrogens (primary N) is 1. The number of rotatable bonds is 5. The maximum absolute atomic E-state index is 11.0. The van der Waals surface area contributed by atoms with Crippen LogP contribution in [0.1, 0.15) is 12.8 Å². The van der Waals surface area contributed by atoms with E-state index < -0.39 is 5.91 Å². The molecule has 0 radical (unpaired) electrons. The minimum absolute atomic E-state index is 0.139. The average molecular weight is 187 g/mol. The maximum atomic E-state index is 11.0. The van der Waals surface area contributed by atoms with Crippen LogP contribution in [0.15, 0.2) is 0 Å². The van der Waals surface area contributed by atoms with Crippen molar-refractivity contribution >= 4 is 11.8 Å². The molecule has 5 nitrogen and oxygen atoms in total. The van der Waals surface area contributed by atoms with Crippen LogP contribution in [0, 0.1) is 0 Å². The van der Waals surface area contributed by atoms with E-state index in [1.54, 1.807) is 0 Å². The number of amides is 2. The van der Waals surface area contributed by atoms with Gasteiger partial charge in [-0.2, -0.15) is 0 Å². The van der Waals surface area contributed by atoms with Crippen molar-refractivity contribution in [2.45, 2.75) is 12.8 Å². The van der Waals surface area contributed by atoms with Crippen LogP contribution in [-0.2, 0) is 9.59 Å². The van der Waals surface area contributed by atoms with Crippen molar-refractivity contribution in [3.05, 3.63) is 0 Å². The van der Waals surface area contributed by atoms with Crippen LogP contribution >= 0.6 is 0 Å². The zero-order valence-electron chi connectivity index (χ0n) is 8.17. The van der Waals surface area contributed by atoms with Crippen molar-refractivity contribution in [2.75, 3.05) is 27.2 Å². The van der Waals surface area contributed by atoms with E-state index in [9.17, 15) is 9.59 Å². The molecule has 0 rings (SSSR count). The zero-order chi connectivity index (χ0) is 10.3. The summed E-state index contributed by atoms with van der Waals surface area (Å²) in [6.07, 6.45) is 1.11. The first-order valence-corrected chi connectivity index (χ1v) is 4.23.